The van der Waals surface area contributed by atoms with Gasteiger partial charge in [0.05, 0.1) is 44.6 Å². The average molecular weight is 1790 g/mol. The molecule has 0 spiro atoms. The minimum Gasteiger partial charge on any atom is -0.339 e. The van der Waals surface area contributed by atoms with Gasteiger partial charge in [-0.05, 0) is 292 Å². The lowest BCUT2D eigenvalue weighted by Gasteiger charge is -2.35. The molecule has 0 saturated heterocycles. The van der Waals surface area contributed by atoms with Gasteiger partial charge in [-0.3, -0.25) is 0 Å². The van der Waals surface area contributed by atoms with Gasteiger partial charge in [-0.15, -0.1) is 0 Å². The van der Waals surface area contributed by atoms with Gasteiger partial charge in [0, 0.05) is 132 Å². The molecule has 3 aliphatic rings. The number of hydrogen-bond acceptors (Lipinski definition) is 1. The van der Waals surface area contributed by atoms with Crippen molar-refractivity contribution < 1.29 is 0 Å². The van der Waals surface area contributed by atoms with E-state index in [0.29, 0.717) is 13.1 Å². The standard InChI is InChI=1S/C119H120Br2N6/c1-111(2,3)69-25-41-103-85(53-69)86-54-70(112(4,5)6)26-42-104(86)124(103)79-35-49-99-93(63-79)94-64-80(125-105-43-27-71(113(7,8)9)55-87(105)88-56-72(114(10,11)12)28-44-106(88)125)36-50-100(94)122(99)67-119(97-61-77(120)33-39-83(97)84-40-34-78(121)62-98(84)119)68-123-101-51-37-81(126-107-45-29-73(115(13,14)15)57-89(107)90-58-74(116(16,17)18)30-46-108(90)126)65-95(101)96-66-82(38-52-102(96)123)127-109-47-31-75(117(19,20)21)59-91(109)92-60-76(118(22,23)24)32-48-110(92)127/h25-66,85,103H,67-68H2,1-24H3. The summed E-state index contributed by atoms with van der Waals surface area (Å²) in [6, 6.07) is 95.0. The van der Waals surface area contributed by atoms with E-state index in [9.17, 15) is 0 Å². The van der Waals surface area contributed by atoms with E-state index in [-0.39, 0.29) is 55.3 Å². The summed E-state index contributed by atoms with van der Waals surface area (Å²) in [5.74, 6) is 0.170. The summed E-state index contributed by atoms with van der Waals surface area (Å²) in [5.41, 5.74) is 34.0. The number of benzene rings is 13. The van der Waals surface area contributed by atoms with Crippen molar-refractivity contribution in [3.63, 3.8) is 0 Å². The first kappa shape index (κ1) is 83.0. The van der Waals surface area contributed by atoms with Gasteiger partial charge in [0.2, 0.25) is 0 Å². The topological polar surface area (TPSA) is 27.9 Å². The monoisotopic (exact) mass is 1790 g/mol. The second kappa shape index (κ2) is 28.1. The van der Waals surface area contributed by atoms with Gasteiger partial charge in [-0.1, -0.05) is 277 Å². The van der Waals surface area contributed by atoms with E-state index in [1.165, 1.54) is 193 Å². The lowest BCUT2D eigenvalue weighted by atomic mass is 9.77. The van der Waals surface area contributed by atoms with Crippen LogP contribution in [-0.2, 0) is 56.4 Å². The van der Waals surface area contributed by atoms with Crippen molar-refractivity contribution in [2.24, 2.45) is 5.41 Å². The SMILES string of the molecule is CC(C)(C)C1=CC2c3cc(C(C)(C)C)ccc3N(c3ccc4c(c3)c3cc(-n5c6ccc(C(C)(C)C)cc6c6cc(C(C)(C)C)ccc65)ccc3n4CC3(Cn4c5ccc(-n6c7ccc(C(C)(C)C)cc7c7cc(C(C)(C)C)ccc76)cc5c5cc(-n6c7ccc(C(C)(C)C)cc7c7cc(C(C)(C)C)ccc76)ccc54)c4cc(Br)ccc4-c4ccc(Br)cc43)C2C=C1. The second-order valence-electron chi connectivity index (χ2n) is 46.0. The largest absolute Gasteiger partial charge is 0.339 e. The maximum absolute atomic E-state index is 4.21. The molecule has 0 bridgehead atoms. The normalized spacial score (nSPS) is 15.9. The molecule has 640 valence electrons. The van der Waals surface area contributed by atoms with Crippen molar-refractivity contribution in [2.45, 2.75) is 235 Å². The second-order valence-corrected chi connectivity index (χ2v) is 47.8. The number of allylic oxidation sites excluding steroid dienone is 2. The number of halogens is 2. The Morgan fingerprint density at radius 1 is 0.268 bits per heavy atom. The van der Waals surface area contributed by atoms with Crippen LogP contribution in [0.2, 0.25) is 0 Å². The Morgan fingerprint density at radius 2 is 0.535 bits per heavy atom. The van der Waals surface area contributed by atoms with Crippen LogP contribution in [-0.4, -0.2) is 28.9 Å². The van der Waals surface area contributed by atoms with Crippen molar-refractivity contribution in [2.75, 3.05) is 4.90 Å². The molecule has 1 aliphatic heterocycles. The number of hydrogen-bond donors (Lipinski definition) is 0. The molecule has 0 saturated carbocycles. The van der Waals surface area contributed by atoms with E-state index in [4.69, 9.17) is 0 Å². The molecule has 0 radical (unpaired) electrons. The fraction of sp³-hybridized carbons (Fsp3) is 0.311. The molecule has 127 heavy (non-hydrogen) atoms. The van der Waals surface area contributed by atoms with E-state index >= 15 is 0 Å². The highest BCUT2D eigenvalue weighted by atomic mass is 79.9. The third-order valence-electron chi connectivity index (χ3n) is 29.2. The Balaban J connectivity index is 0.833. The predicted octanol–water partition coefficient (Wildman–Crippen LogP) is 33.6. The van der Waals surface area contributed by atoms with E-state index in [2.05, 4.69) is 481 Å². The summed E-state index contributed by atoms with van der Waals surface area (Å²) in [6.45, 7) is 57.5. The van der Waals surface area contributed by atoms with Crippen molar-refractivity contribution in [1.82, 2.24) is 22.8 Å². The molecule has 13 aromatic carbocycles. The van der Waals surface area contributed by atoms with Gasteiger partial charge >= 0.3 is 0 Å². The van der Waals surface area contributed by atoms with E-state index < -0.39 is 5.41 Å². The van der Waals surface area contributed by atoms with Crippen LogP contribution in [0.25, 0.3) is 137 Å². The lowest BCUT2D eigenvalue weighted by molar-refractivity contribution is 0.399. The highest BCUT2D eigenvalue weighted by molar-refractivity contribution is 9.10. The van der Waals surface area contributed by atoms with Gasteiger partial charge in [0.15, 0.2) is 0 Å². The highest BCUT2D eigenvalue weighted by Crippen LogP contribution is 2.57. The molecule has 0 fully saturated rings. The molecule has 2 aliphatic carbocycles. The number of nitrogens with zero attached hydrogens (tertiary/aromatic N) is 6. The summed E-state index contributed by atoms with van der Waals surface area (Å²) in [6.07, 6.45) is 7.54. The molecular weight excluding hydrogens is 1670 g/mol. The molecule has 5 aromatic heterocycles. The first-order chi connectivity index (χ1) is 59.8. The molecule has 21 rings (SSSR count). The van der Waals surface area contributed by atoms with Crippen molar-refractivity contribution in [3.05, 3.63) is 325 Å². The van der Waals surface area contributed by atoms with Crippen LogP contribution >= 0.6 is 31.9 Å². The van der Waals surface area contributed by atoms with Gasteiger partial charge in [0.25, 0.3) is 0 Å². The van der Waals surface area contributed by atoms with Crippen LogP contribution in [0.15, 0.2) is 269 Å². The first-order valence-corrected chi connectivity index (χ1v) is 47.7. The number of aromatic nitrogens is 5. The summed E-state index contributed by atoms with van der Waals surface area (Å²) in [4.78, 5) is 2.68. The van der Waals surface area contributed by atoms with Crippen molar-refractivity contribution >= 4 is 152 Å². The summed E-state index contributed by atoms with van der Waals surface area (Å²) >= 11 is 8.43. The molecule has 6 nitrogen and oxygen atoms in total. The van der Waals surface area contributed by atoms with E-state index in [1.54, 1.807) is 0 Å². The average Bonchev–Trinajstić information content (AvgIpc) is 1.53. The fourth-order valence-corrected chi connectivity index (χ4v) is 22.5. The molecule has 0 amide bonds. The molecule has 2 unspecified atom stereocenters. The van der Waals surface area contributed by atoms with Gasteiger partial charge in [0.1, 0.15) is 0 Å². The lowest BCUT2D eigenvalue weighted by Crippen LogP contribution is -2.36. The van der Waals surface area contributed by atoms with E-state index in [0.717, 1.165) is 26.0 Å². The van der Waals surface area contributed by atoms with Crippen LogP contribution in [0.3, 0.4) is 0 Å². The smallest absolute Gasteiger partial charge is 0.0629 e. The minimum atomic E-state index is -0.715. The Hall–Kier alpha value is -10.9. The van der Waals surface area contributed by atoms with Crippen molar-refractivity contribution in [3.8, 4) is 28.2 Å². The molecule has 2 atom stereocenters. The summed E-state index contributed by atoms with van der Waals surface area (Å²) in [5, 5.41) is 12.5. The summed E-state index contributed by atoms with van der Waals surface area (Å²) < 4.78 is 15.3. The van der Waals surface area contributed by atoms with Crippen LogP contribution in [0.4, 0.5) is 11.4 Å². The highest BCUT2D eigenvalue weighted by Gasteiger charge is 2.47. The van der Waals surface area contributed by atoms with Gasteiger partial charge in [-0.25, -0.2) is 0 Å². The zero-order chi connectivity index (χ0) is 89.3. The van der Waals surface area contributed by atoms with Crippen molar-refractivity contribution in [1.29, 1.82) is 0 Å². The molecule has 8 heteroatoms. The first-order valence-electron chi connectivity index (χ1n) is 46.1. The predicted molar refractivity (Wildman–Crippen MR) is 553 cm³/mol. The Kier molecular flexibility index (Phi) is 18.3. The summed E-state index contributed by atoms with van der Waals surface area (Å²) in [7, 11) is 0. The Labute approximate surface area is 767 Å². The number of fused-ring (bicyclic) bond motifs is 21. The van der Waals surface area contributed by atoms with Crippen LogP contribution in [0, 0.1) is 5.41 Å². The molecule has 0 N–H and O–H groups in total. The molecule has 18 aromatic rings. The van der Waals surface area contributed by atoms with Crippen LogP contribution < -0.4 is 4.90 Å². The zero-order valence-electron chi connectivity index (χ0n) is 78.8. The van der Waals surface area contributed by atoms with Crippen LogP contribution in [0.1, 0.15) is 228 Å². The third kappa shape index (κ3) is 13.3. The maximum Gasteiger partial charge on any atom is 0.0629 e. The third-order valence-corrected chi connectivity index (χ3v) is 30.2. The Bertz CT molecular complexity index is 7340. The van der Waals surface area contributed by atoms with Crippen LogP contribution in [0.5, 0.6) is 0 Å². The zero-order valence-corrected chi connectivity index (χ0v) is 81.9. The molecule has 6 heterocycles. The maximum atomic E-state index is 4.21. The molecular formula is C119H120Br2N6. The minimum absolute atomic E-state index is 0.0144. The van der Waals surface area contributed by atoms with Gasteiger partial charge in [-0.2, -0.15) is 0 Å². The van der Waals surface area contributed by atoms with Gasteiger partial charge < -0.3 is 27.7 Å². The number of rotatable bonds is 8. The number of anilines is 2. The quantitative estimate of drug-likeness (QED) is 0.149. The Morgan fingerprint density at radius 3 is 0.835 bits per heavy atom. The fourth-order valence-electron chi connectivity index (χ4n) is 21.8. The van der Waals surface area contributed by atoms with E-state index in [1.807, 2.05) is 0 Å².